The van der Waals surface area contributed by atoms with E-state index < -0.39 is 0 Å². The number of halogens is 1. The zero-order valence-electron chi connectivity index (χ0n) is 14.0. The molecule has 21 heavy (non-hydrogen) atoms. The van der Waals surface area contributed by atoms with Crippen LogP contribution in [0.1, 0.15) is 40.5 Å². The van der Waals surface area contributed by atoms with Gasteiger partial charge in [0.15, 0.2) is 5.96 Å². The van der Waals surface area contributed by atoms with Gasteiger partial charge in [0.25, 0.3) is 0 Å². The molecule has 0 aromatic heterocycles. The summed E-state index contributed by atoms with van der Waals surface area (Å²) in [4.78, 5) is 7.08. The van der Waals surface area contributed by atoms with Crippen LogP contribution in [0.4, 0.5) is 0 Å². The summed E-state index contributed by atoms with van der Waals surface area (Å²) < 4.78 is 5.88. The number of hydrogen-bond acceptors (Lipinski definition) is 3. The van der Waals surface area contributed by atoms with Crippen LogP contribution >= 0.6 is 35.7 Å². The number of rotatable bonds is 7. The van der Waals surface area contributed by atoms with Crippen molar-refractivity contribution in [3.8, 4) is 0 Å². The van der Waals surface area contributed by atoms with Gasteiger partial charge in [-0.15, -0.1) is 24.0 Å². The fraction of sp³-hybridized carbons (Fsp3) is 0.933. The molecule has 1 aliphatic rings. The second-order valence-corrected chi connectivity index (χ2v) is 7.53. The molecular formula is C15H32IN3OS. The third-order valence-electron chi connectivity index (χ3n) is 3.20. The second-order valence-electron chi connectivity index (χ2n) is 5.73. The molecule has 126 valence electrons. The molecule has 0 spiro atoms. The van der Waals surface area contributed by atoms with Crippen LogP contribution in [0, 0.1) is 0 Å². The minimum absolute atomic E-state index is 0. The smallest absolute Gasteiger partial charge is 0.194 e. The first-order valence-corrected chi connectivity index (χ1v) is 8.82. The van der Waals surface area contributed by atoms with Gasteiger partial charge < -0.3 is 15.0 Å². The highest BCUT2D eigenvalue weighted by Crippen LogP contribution is 2.29. The number of thioether (sulfide) groups is 1. The van der Waals surface area contributed by atoms with E-state index in [-0.39, 0.29) is 24.0 Å². The van der Waals surface area contributed by atoms with Crippen molar-refractivity contribution in [2.75, 3.05) is 45.1 Å². The van der Waals surface area contributed by atoms with Gasteiger partial charge in [0.2, 0.25) is 0 Å². The second kappa shape index (κ2) is 11.8. The maximum absolute atomic E-state index is 5.57. The minimum Gasteiger partial charge on any atom is -0.380 e. The largest absolute Gasteiger partial charge is 0.380 e. The Morgan fingerprint density at radius 1 is 1.33 bits per heavy atom. The van der Waals surface area contributed by atoms with E-state index in [1.54, 1.807) is 0 Å². The lowest BCUT2D eigenvalue weighted by Gasteiger charge is -2.39. The van der Waals surface area contributed by atoms with Crippen LogP contribution in [0.2, 0.25) is 0 Å². The van der Waals surface area contributed by atoms with Crippen molar-refractivity contribution < 1.29 is 4.74 Å². The topological polar surface area (TPSA) is 36.9 Å². The van der Waals surface area contributed by atoms with Crippen LogP contribution < -0.4 is 5.32 Å². The number of nitrogens with zero attached hydrogens (tertiary/aromatic N) is 2. The lowest BCUT2D eigenvalue weighted by Crippen LogP contribution is -2.51. The Bertz CT molecular complexity index is 301. The molecule has 0 radical (unpaired) electrons. The number of aliphatic imine (C=N–C) groups is 1. The number of guanidine groups is 1. The van der Waals surface area contributed by atoms with Gasteiger partial charge in [-0.3, -0.25) is 4.99 Å². The van der Waals surface area contributed by atoms with E-state index in [1.165, 1.54) is 12.2 Å². The van der Waals surface area contributed by atoms with Gasteiger partial charge in [-0.1, -0.05) is 13.3 Å². The van der Waals surface area contributed by atoms with Gasteiger partial charge in [-0.2, -0.15) is 11.8 Å². The molecular weight excluding hydrogens is 397 g/mol. The summed E-state index contributed by atoms with van der Waals surface area (Å²) in [6, 6.07) is 0. The maximum Gasteiger partial charge on any atom is 0.194 e. The average Bonchev–Trinajstić information content (AvgIpc) is 2.40. The molecule has 0 saturated carbocycles. The maximum atomic E-state index is 5.57. The van der Waals surface area contributed by atoms with Crippen molar-refractivity contribution in [1.82, 2.24) is 10.2 Å². The highest BCUT2D eigenvalue weighted by molar-refractivity contribution is 14.0. The summed E-state index contributed by atoms with van der Waals surface area (Å²) in [5, 5.41) is 3.40. The van der Waals surface area contributed by atoms with E-state index in [0.29, 0.717) is 4.75 Å². The number of nitrogens with one attached hydrogen (secondary N) is 1. The highest BCUT2D eigenvalue weighted by Gasteiger charge is 2.28. The molecule has 0 unspecified atom stereocenters. The summed E-state index contributed by atoms with van der Waals surface area (Å²) in [5.41, 5.74) is 0. The quantitative estimate of drug-likeness (QED) is 0.292. The van der Waals surface area contributed by atoms with E-state index in [2.05, 4.69) is 37.9 Å². The Morgan fingerprint density at radius 3 is 2.71 bits per heavy atom. The molecule has 1 rings (SSSR count). The standard InChI is InChI=1S/C15H31N3OS.HI/c1-5-7-10-19-11-8-17-14(16-6-2)18-9-12-20-15(3,4)13-18;/h5-13H2,1-4H3,(H,16,17);1H. The van der Waals surface area contributed by atoms with E-state index in [9.17, 15) is 0 Å². The summed E-state index contributed by atoms with van der Waals surface area (Å²) >= 11 is 2.05. The monoisotopic (exact) mass is 429 g/mol. The summed E-state index contributed by atoms with van der Waals surface area (Å²) in [6.45, 7) is 14.3. The van der Waals surface area contributed by atoms with Crippen molar-refractivity contribution in [3.63, 3.8) is 0 Å². The lowest BCUT2D eigenvalue weighted by molar-refractivity contribution is 0.138. The predicted molar refractivity (Wildman–Crippen MR) is 105 cm³/mol. The molecule has 0 aromatic rings. The lowest BCUT2D eigenvalue weighted by atomic mass is 10.2. The molecule has 6 heteroatoms. The number of ether oxygens (including phenoxy) is 1. The predicted octanol–water partition coefficient (Wildman–Crippen LogP) is 3.21. The highest BCUT2D eigenvalue weighted by atomic mass is 127. The fourth-order valence-electron chi connectivity index (χ4n) is 2.19. The van der Waals surface area contributed by atoms with Gasteiger partial charge in [0, 0.05) is 36.7 Å². The summed E-state index contributed by atoms with van der Waals surface area (Å²) in [5.74, 6) is 2.21. The average molecular weight is 429 g/mol. The van der Waals surface area contributed by atoms with Crippen LogP contribution in [0.15, 0.2) is 4.99 Å². The zero-order chi connectivity index (χ0) is 14.8. The Hall–Kier alpha value is 0.310. The SMILES string of the molecule is CCCCOCCN=C(NCC)N1CCSC(C)(C)C1.I. The van der Waals surface area contributed by atoms with Crippen molar-refractivity contribution in [3.05, 3.63) is 0 Å². The van der Waals surface area contributed by atoms with E-state index >= 15 is 0 Å². The van der Waals surface area contributed by atoms with Gasteiger partial charge in [0.1, 0.15) is 0 Å². The first-order valence-electron chi connectivity index (χ1n) is 7.84. The van der Waals surface area contributed by atoms with E-state index in [4.69, 9.17) is 9.73 Å². The van der Waals surface area contributed by atoms with Crippen LogP contribution in [-0.2, 0) is 4.74 Å². The van der Waals surface area contributed by atoms with Gasteiger partial charge in [0.05, 0.1) is 13.2 Å². The number of hydrogen-bond donors (Lipinski definition) is 1. The van der Waals surface area contributed by atoms with Crippen LogP contribution in [-0.4, -0.2) is 60.8 Å². The molecule has 4 nitrogen and oxygen atoms in total. The third kappa shape index (κ3) is 9.13. The Morgan fingerprint density at radius 2 is 2.10 bits per heavy atom. The van der Waals surface area contributed by atoms with Gasteiger partial charge in [-0.05, 0) is 27.2 Å². The third-order valence-corrected chi connectivity index (χ3v) is 4.50. The molecule has 1 aliphatic heterocycles. The van der Waals surface area contributed by atoms with Crippen LogP contribution in [0.5, 0.6) is 0 Å². The number of unbranched alkanes of at least 4 members (excludes halogenated alkanes) is 1. The Kier molecular flexibility index (Phi) is 12.0. The fourth-order valence-corrected chi connectivity index (χ4v) is 3.30. The molecule has 0 amide bonds. The Balaban J connectivity index is 0.00000400. The molecule has 1 saturated heterocycles. The van der Waals surface area contributed by atoms with Crippen molar-refractivity contribution >= 4 is 41.7 Å². The molecule has 0 aromatic carbocycles. The van der Waals surface area contributed by atoms with Crippen molar-refractivity contribution in [1.29, 1.82) is 0 Å². The molecule has 0 bridgehead atoms. The van der Waals surface area contributed by atoms with Crippen molar-refractivity contribution in [2.24, 2.45) is 4.99 Å². The molecule has 1 heterocycles. The zero-order valence-corrected chi connectivity index (χ0v) is 17.1. The van der Waals surface area contributed by atoms with Gasteiger partial charge >= 0.3 is 0 Å². The first kappa shape index (κ1) is 21.3. The first-order chi connectivity index (χ1) is 9.59. The molecule has 1 fully saturated rings. The molecule has 1 N–H and O–H groups in total. The van der Waals surface area contributed by atoms with E-state index in [1.807, 2.05) is 11.8 Å². The molecule has 0 atom stereocenters. The normalized spacial score (nSPS) is 18.3. The Labute approximate surface area is 151 Å². The van der Waals surface area contributed by atoms with E-state index in [0.717, 1.165) is 51.8 Å². The van der Waals surface area contributed by atoms with Gasteiger partial charge in [-0.25, -0.2) is 0 Å². The summed E-state index contributed by atoms with van der Waals surface area (Å²) in [6.07, 6.45) is 2.33. The van der Waals surface area contributed by atoms with Crippen LogP contribution in [0.3, 0.4) is 0 Å². The van der Waals surface area contributed by atoms with Crippen molar-refractivity contribution in [2.45, 2.75) is 45.3 Å². The summed E-state index contributed by atoms with van der Waals surface area (Å²) in [7, 11) is 0. The molecule has 0 aliphatic carbocycles. The minimum atomic E-state index is 0. The van der Waals surface area contributed by atoms with Crippen LogP contribution in [0.25, 0.3) is 0 Å².